The van der Waals surface area contributed by atoms with Gasteiger partial charge in [0, 0.05) is 23.2 Å². The van der Waals surface area contributed by atoms with Crippen LogP contribution in [0.5, 0.6) is 0 Å². The van der Waals surface area contributed by atoms with Crippen LogP contribution < -0.4 is 5.32 Å². The summed E-state index contributed by atoms with van der Waals surface area (Å²) < 4.78 is 4.85. The number of hydrogen-bond acceptors (Lipinski definition) is 6. The molecule has 0 aromatic rings. The summed E-state index contributed by atoms with van der Waals surface area (Å²) in [4.78, 5) is 42.7. The van der Waals surface area contributed by atoms with E-state index in [1.54, 1.807) is 43.6 Å². The van der Waals surface area contributed by atoms with E-state index in [1.807, 2.05) is 46.6 Å². The number of esters is 1. The van der Waals surface area contributed by atoms with E-state index in [4.69, 9.17) is 4.74 Å². The van der Waals surface area contributed by atoms with Crippen molar-refractivity contribution in [1.29, 1.82) is 0 Å². The summed E-state index contributed by atoms with van der Waals surface area (Å²) in [5.74, 6) is 0.142. The average molecular weight is 470 g/mol. The third-order valence-corrected chi connectivity index (χ3v) is 7.39. The normalized spacial score (nSPS) is 21.2. The van der Waals surface area contributed by atoms with E-state index in [2.05, 4.69) is 19.2 Å². The van der Waals surface area contributed by atoms with Gasteiger partial charge in [0.1, 0.15) is 12.1 Å². The third kappa shape index (κ3) is 6.98. The molecule has 3 atom stereocenters. The molecule has 2 amide bonds. The van der Waals surface area contributed by atoms with Gasteiger partial charge in [-0.25, -0.2) is 4.79 Å². The number of rotatable bonds is 8. The average Bonchev–Trinajstić information content (AvgIpc) is 2.94. The van der Waals surface area contributed by atoms with E-state index in [9.17, 15) is 14.4 Å². The molecule has 7 nitrogen and oxygen atoms in total. The molecule has 32 heavy (non-hydrogen) atoms. The quantitative estimate of drug-likeness (QED) is 0.434. The molecule has 1 N–H and O–H groups in total. The van der Waals surface area contributed by atoms with Crippen LogP contribution in [0.1, 0.15) is 62.3 Å². The van der Waals surface area contributed by atoms with E-state index in [0.29, 0.717) is 12.2 Å². The molecular formula is C24H43N3O4S. The molecule has 0 spiro atoms. The lowest BCUT2D eigenvalue weighted by Crippen LogP contribution is -2.60. The minimum absolute atomic E-state index is 0.0703. The predicted octanol–water partition coefficient (Wildman–Crippen LogP) is 3.29. The highest BCUT2D eigenvalue weighted by atomic mass is 32.2. The van der Waals surface area contributed by atoms with Gasteiger partial charge in [-0.05, 0) is 46.1 Å². The maximum atomic E-state index is 13.7. The Morgan fingerprint density at radius 3 is 2.25 bits per heavy atom. The zero-order chi connectivity index (χ0) is 25.0. The Bertz CT molecular complexity index is 727. The Balaban J connectivity index is 3.18. The highest BCUT2D eigenvalue weighted by Crippen LogP contribution is 2.38. The molecule has 184 valence electrons. The van der Waals surface area contributed by atoms with Crippen molar-refractivity contribution in [2.75, 3.05) is 26.6 Å². The third-order valence-electron chi connectivity index (χ3n) is 5.88. The predicted molar refractivity (Wildman–Crippen MR) is 131 cm³/mol. The van der Waals surface area contributed by atoms with Crippen LogP contribution >= 0.6 is 11.8 Å². The molecule has 0 aromatic heterocycles. The second-order valence-electron chi connectivity index (χ2n) is 10.6. The summed E-state index contributed by atoms with van der Waals surface area (Å²) in [7, 11) is 3.66. The second-order valence-corrected chi connectivity index (χ2v) is 12.2. The summed E-state index contributed by atoms with van der Waals surface area (Å²) in [6.45, 7) is 17.7. The van der Waals surface area contributed by atoms with Gasteiger partial charge in [0.25, 0.3) is 0 Å². The number of likely N-dealkylation sites (N-methyl/N-ethyl adjacent to an activating group) is 2. The molecule has 0 aromatic carbocycles. The van der Waals surface area contributed by atoms with Gasteiger partial charge in [0.15, 0.2) is 0 Å². The van der Waals surface area contributed by atoms with Crippen molar-refractivity contribution < 1.29 is 19.1 Å². The number of nitrogens with zero attached hydrogens (tertiary/aromatic N) is 2. The van der Waals surface area contributed by atoms with Crippen molar-refractivity contribution in [2.45, 2.75) is 85.2 Å². The number of amides is 2. The van der Waals surface area contributed by atoms with Crippen LogP contribution in [-0.2, 0) is 19.1 Å². The highest BCUT2D eigenvalue weighted by Gasteiger charge is 2.46. The molecular weight excluding hydrogens is 426 g/mol. The van der Waals surface area contributed by atoms with Crippen LogP contribution in [-0.4, -0.2) is 77.0 Å². The van der Waals surface area contributed by atoms with Gasteiger partial charge in [-0.3, -0.25) is 14.5 Å². The number of ether oxygens (including phenoxy) is 1. The Hall–Kier alpha value is -1.54. The zero-order valence-electron chi connectivity index (χ0n) is 21.7. The number of hydrogen-bond donors (Lipinski definition) is 1. The van der Waals surface area contributed by atoms with Gasteiger partial charge in [-0.1, -0.05) is 40.7 Å². The maximum absolute atomic E-state index is 13.7. The Kier molecular flexibility index (Phi) is 9.84. The van der Waals surface area contributed by atoms with Gasteiger partial charge in [0.2, 0.25) is 11.8 Å². The van der Waals surface area contributed by atoms with Crippen LogP contribution in [0.15, 0.2) is 11.6 Å². The fourth-order valence-corrected chi connectivity index (χ4v) is 5.14. The Morgan fingerprint density at radius 1 is 1.28 bits per heavy atom. The highest BCUT2D eigenvalue weighted by molar-refractivity contribution is 8.00. The minimum atomic E-state index is -0.702. The summed E-state index contributed by atoms with van der Waals surface area (Å²) >= 11 is 1.73. The lowest BCUT2D eigenvalue weighted by atomic mass is 9.84. The molecule has 1 rings (SSSR count). The van der Waals surface area contributed by atoms with Crippen molar-refractivity contribution in [1.82, 2.24) is 15.1 Å². The Morgan fingerprint density at radius 2 is 1.84 bits per heavy atom. The summed E-state index contributed by atoms with van der Waals surface area (Å²) in [6.07, 6.45) is 1.78. The van der Waals surface area contributed by atoms with E-state index in [-0.39, 0.29) is 40.5 Å². The van der Waals surface area contributed by atoms with Crippen molar-refractivity contribution in [3.05, 3.63) is 11.6 Å². The molecule has 0 aliphatic carbocycles. The number of thioether (sulfide) groups is 1. The van der Waals surface area contributed by atoms with E-state index in [0.717, 1.165) is 5.88 Å². The topological polar surface area (TPSA) is 79.0 Å². The zero-order valence-corrected chi connectivity index (χ0v) is 22.6. The molecule has 0 radical (unpaired) electrons. The molecule has 1 saturated heterocycles. The molecule has 0 bridgehead atoms. The largest absolute Gasteiger partial charge is 0.463 e. The fraction of sp³-hybridized carbons (Fsp3) is 0.792. The minimum Gasteiger partial charge on any atom is -0.463 e. The van der Waals surface area contributed by atoms with Crippen LogP contribution in [0.3, 0.4) is 0 Å². The first-order chi connectivity index (χ1) is 14.5. The van der Waals surface area contributed by atoms with Crippen molar-refractivity contribution >= 4 is 29.5 Å². The van der Waals surface area contributed by atoms with Gasteiger partial charge in [-0.15, -0.1) is 11.8 Å². The number of carbonyl (C=O) groups excluding carboxylic acids is 3. The first kappa shape index (κ1) is 28.5. The summed E-state index contributed by atoms with van der Waals surface area (Å²) in [6, 6.07) is -1.33. The monoisotopic (exact) mass is 469 g/mol. The van der Waals surface area contributed by atoms with Crippen LogP contribution in [0.4, 0.5) is 0 Å². The van der Waals surface area contributed by atoms with Crippen LogP contribution in [0.25, 0.3) is 0 Å². The second kappa shape index (κ2) is 11.1. The van der Waals surface area contributed by atoms with Crippen molar-refractivity contribution in [3.8, 4) is 0 Å². The SMILES string of the molecule is CCOC(=O)C(C)=CC(C(C)C)N(C)C(=O)[C@@H](NC(=O)C1N(C)CSC1(C)C)C(C)(C)C. The standard InChI is InChI=1S/C24H43N3O4S/c1-12-31-22(30)16(4)13-17(15(2)3)27(11)21(29)18(23(5,6)7)25-20(28)19-24(8,9)32-14-26(19)10/h13,15,17-19H,12,14H2,1-11H3,(H,25,28)/t17?,18-,19?/m1/s1. The van der Waals surface area contributed by atoms with Crippen molar-refractivity contribution in [2.24, 2.45) is 11.3 Å². The van der Waals surface area contributed by atoms with Crippen LogP contribution in [0.2, 0.25) is 0 Å². The fourth-order valence-electron chi connectivity index (χ4n) is 4.01. The smallest absolute Gasteiger partial charge is 0.333 e. The van der Waals surface area contributed by atoms with Gasteiger partial charge in [0.05, 0.1) is 12.6 Å². The molecule has 1 fully saturated rings. The van der Waals surface area contributed by atoms with Gasteiger partial charge in [-0.2, -0.15) is 0 Å². The van der Waals surface area contributed by atoms with Crippen LogP contribution in [0, 0.1) is 11.3 Å². The van der Waals surface area contributed by atoms with Gasteiger partial charge >= 0.3 is 5.97 Å². The van der Waals surface area contributed by atoms with Crippen molar-refractivity contribution in [3.63, 3.8) is 0 Å². The molecule has 8 heteroatoms. The molecule has 1 aliphatic rings. The first-order valence-electron chi connectivity index (χ1n) is 11.3. The Labute approximate surface area is 198 Å². The lowest BCUT2D eigenvalue weighted by Gasteiger charge is -2.39. The molecule has 1 aliphatic heterocycles. The van der Waals surface area contributed by atoms with E-state index < -0.39 is 11.5 Å². The van der Waals surface area contributed by atoms with E-state index in [1.165, 1.54) is 0 Å². The summed E-state index contributed by atoms with van der Waals surface area (Å²) in [5.41, 5.74) is -0.0235. The molecule has 1 heterocycles. The summed E-state index contributed by atoms with van der Waals surface area (Å²) in [5, 5.41) is 3.06. The molecule has 0 saturated carbocycles. The molecule has 2 unspecified atom stereocenters. The first-order valence-corrected chi connectivity index (χ1v) is 12.3. The maximum Gasteiger partial charge on any atom is 0.333 e. The van der Waals surface area contributed by atoms with Gasteiger partial charge < -0.3 is 15.0 Å². The number of nitrogens with one attached hydrogen (secondary N) is 1. The number of carbonyl (C=O) groups is 3. The lowest BCUT2D eigenvalue weighted by molar-refractivity contribution is -0.141. The van der Waals surface area contributed by atoms with E-state index >= 15 is 0 Å².